The summed E-state index contributed by atoms with van der Waals surface area (Å²) in [6.45, 7) is 1.74. The molecule has 1 N–H and O–H groups in total. The Bertz CT molecular complexity index is 1020. The van der Waals surface area contributed by atoms with Crippen molar-refractivity contribution in [1.82, 2.24) is 25.1 Å². The fourth-order valence-electron chi connectivity index (χ4n) is 2.20. The van der Waals surface area contributed by atoms with Crippen molar-refractivity contribution in [2.45, 2.75) is 6.92 Å². The molecule has 0 aliphatic carbocycles. The zero-order chi connectivity index (χ0) is 17.2. The van der Waals surface area contributed by atoms with E-state index in [1.807, 2.05) is 35.7 Å². The number of hydrogen-bond donors (Lipinski definition) is 1. The van der Waals surface area contributed by atoms with Crippen molar-refractivity contribution in [2.24, 2.45) is 0 Å². The van der Waals surface area contributed by atoms with Crippen LogP contribution < -0.4 is 5.32 Å². The van der Waals surface area contributed by atoms with E-state index < -0.39 is 0 Å². The molecule has 0 aliphatic heterocycles. The highest BCUT2D eigenvalue weighted by Gasteiger charge is 2.18. The first-order valence-corrected chi connectivity index (χ1v) is 8.26. The monoisotopic (exact) mass is 352 g/mol. The number of para-hydroxylation sites is 1. The van der Waals surface area contributed by atoms with Crippen LogP contribution >= 0.6 is 11.3 Å². The number of benzene rings is 1. The average molecular weight is 352 g/mol. The summed E-state index contributed by atoms with van der Waals surface area (Å²) in [6.07, 6.45) is 1.42. The number of nitrogens with one attached hydrogen (secondary N) is 1. The van der Waals surface area contributed by atoms with E-state index in [1.165, 1.54) is 22.3 Å². The molecule has 0 atom stereocenters. The maximum Gasteiger partial charge on any atom is 0.277 e. The molecule has 4 aromatic rings. The van der Waals surface area contributed by atoms with Gasteiger partial charge in [0.1, 0.15) is 4.88 Å². The topological polar surface area (TPSA) is 98.7 Å². The second kappa shape index (κ2) is 6.29. The molecule has 1 amide bonds. The lowest BCUT2D eigenvalue weighted by atomic mass is 10.3. The van der Waals surface area contributed by atoms with Crippen LogP contribution in [-0.2, 0) is 0 Å². The highest BCUT2D eigenvalue weighted by atomic mass is 32.1. The first-order chi connectivity index (χ1) is 12.2. The van der Waals surface area contributed by atoms with E-state index in [1.54, 1.807) is 13.0 Å². The fraction of sp³-hybridized carbons (Fsp3) is 0.0625. The highest BCUT2D eigenvalue weighted by Crippen LogP contribution is 2.32. The molecule has 0 unspecified atom stereocenters. The zero-order valence-corrected chi connectivity index (χ0v) is 13.9. The minimum absolute atomic E-state index is 0.211. The van der Waals surface area contributed by atoms with Crippen LogP contribution in [-0.4, -0.2) is 31.0 Å². The molecule has 0 radical (unpaired) electrons. The summed E-state index contributed by atoms with van der Waals surface area (Å²) in [7, 11) is 0. The van der Waals surface area contributed by atoms with Gasteiger partial charge >= 0.3 is 0 Å². The lowest BCUT2D eigenvalue weighted by Gasteiger charge is -2.02. The maximum absolute atomic E-state index is 12.5. The number of aromatic nitrogens is 5. The summed E-state index contributed by atoms with van der Waals surface area (Å²) >= 11 is 1.40. The largest absolute Gasteiger partial charge is 0.333 e. The lowest BCUT2D eigenvalue weighted by molar-refractivity contribution is 0.102. The average Bonchev–Trinajstić information content (AvgIpc) is 3.35. The summed E-state index contributed by atoms with van der Waals surface area (Å²) in [5.41, 5.74) is 1.58. The van der Waals surface area contributed by atoms with Gasteiger partial charge in [0.15, 0.2) is 11.5 Å². The zero-order valence-electron chi connectivity index (χ0n) is 13.1. The summed E-state index contributed by atoms with van der Waals surface area (Å²) in [5, 5.41) is 16.8. The van der Waals surface area contributed by atoms with Crippen LogP contribution in [0.4, 0.5) is 5.69 Å². The molecular weight excluding hydrogens is 340 g/mol. The SMILES string of the molecule is Cc1noc(-c2sccc2NC(=O)c2cnn(-c3ccccc3)n2)n1. The number of nitrogens with zero attached hydrogens (tertiary/aromatic N) is 5. The highest BCUT2D eigenvalue weighted by molar-refractivity contribution is 7.14. The Labute approximate surface area is 146 Å². The van der Waals surface area contributed by atoms with E-state index >= 15 is 0 Å². The van der Waals surface area contributed by atoms with Crippen molar-refractivity contribution in [3.05, 3.63) is 59.5 Å². The number of aryl methyl sites for hydroxylation is 1. The van der Waals surface area contributed by atoms with Gasteiger partial charge in [0.25, 0.3) is 11.8 Å². The van der Waals surface area contributed by atoms with Crippen LogP contribution in [0.2, 0.25) is 0 Å². The van der Waals surface area contributed by atoms with Crippen molar-refractivity contribution in [3.8, 4) is 16.5 Å². The number of anilines is 1. The van der Waals surface area contributed by atoms with Gasteiger partial charge in [-0.25, -0.2) is 0 Å². The van der Waals surface area contributed by atoms with Gasteiger partial charge in [-0.15, -0.1) is 16.4 Å². The van der Waals surface area contributed by atoms with Gasteiger partial charge in [-0.1, -0.05) is 23.4 Å². The van der Waals surface area contributed by atoms with Crippen molar-refractivity contribution >= 4 is 22.9 Å². The summed E-state index contributed by atoms with van der Waals surface area (Å²) in [4.78, 5) is 18.7. The molecule has 8 nitrogen and oxygen atoms in total. The van der Waals surface area contributed by atoms with Crippen LogP contribution in [0.25, 0.3) is 16.5 Å². The molecule has 4 rings (SSSR count). The second-order valence-electron chi connectivity index (χ2n) is 5.12. The third-order valence-electron chi connectivity index (χ3n) is 3.35. The molecule has 0 spiro atoms. The Morgan fingerprint density at radius 3 is 2.84 bits per heavy atom. The quantitative estimate of drug-likeness (QED) is 0.606. The van der Waals surface area contributed by atoms with E-state index in [0.717, 1.165) is 5.69 Å². The predicted octanol–water partition coefficient (Wildman–Crippen LogP) is 2.94. The van der Waals surface area contributed by atoms with Gasteiger partial charge in [0, 0.05) is 0 Å². The van der Waals surface area contributed by atoms with Gasteiger partial charge in [-0.2, -0.15) is 14.9 Å². The van der Waals surface area contributed by atoms with Crippen molar-refractivity contribution in [1.29, 1.82) is 0 Å². The Hall–Kier alpha value is -3.33. The molecule has 1 aromatic carbocycles. The minimum Gasteiger partial charge on any atom is -0.333 e. The van der Waals surface area contributed by atoms with Gasteiger partial charge in [-0.3, -0.25) is 4.79 Å². The molecule has 9 heteroatoms. The van der Waals surface area contributed by atoms with E-state index in [4.69, 9.17) is 4.52 Å². The Balaban J connectivity index is 1.56. The number of hydrogen-bond acceptors (Lipinski definition) is 7. The number of carbonyl (C=O) groups excluding carboxylic acids is 1. The first kappa shape index (κ1) is 15.2. The van der Waals surface area contributed by atoms with Gasteiger partial charge in [-0.05, 0) is 30.5 Å². The van der Waals surface area contributed by atoms with Crippen molar-refractivity contribution in [3.63, 3.8) is 0 Å². The van der Waals surface area contributed by atoms with Gasteiger partial charge in [0.05, 0.1) is 17.6 Å². The third kappa shape index (κ3) is 3.04. The van der Waals surface area contributed by atoms with Crippen LogP contribution in [0.3, 0.4) is 0 Å². The molecule has 0 fully saturated rings. The second-order valence-corrected chi connectivity index (χ2v) is 6.04. The molecule has 0 bridgehead atoms. The van der Waals surface area contributed by atoms with Crippen LogP contribution in [0, 0.1) is 6.92 Å². The number of rotatable bonds is 4. The molecule has 124 valence electrons. The molecule has 3 aromatic heterocycles. The van der Waals surface area contributed by atoms with E-state index in [0.29, 0.717) is 22.3 Å². The number of amides is 1. The Morgan fingerprint density at radius 2 is 2.08 bits per heavy atom. The normalized spacial score (nSPS) is 10.8. The number of carbonyl (C=O) groups is 1. The van der Waals surface area contributed by atoms with Gasteiger partial charge in [0.2, 0.25) is 0 Å². The van der Waals surface area contributed by atoms with Crippen LogP contribution in [0.1, 0.15) is 16.3 Å². The molecule has 0 saturated carbocycles. The lowest BCUT2D eigenvalue weighted by Crippen LogP contribution is -2.13. The van der Waals surface area contributed by atoms with Crippen LogP contribution in [0.5, 0.6) is 0 Å². The predicted molar refractivity (Wildman–Crippen MR) is 91.7 cm³/mol. The molecule has 25 heavy (non-hydrogen) atoms. The van der Waals surface area contributed by atoms with Gasteiger partial charge < -0.3 is 9.84 Å². The smallest absolute Gasteiger partial charge is 0.277 e. The fourth-order valence-corrected chi connectivity index (χ4v) is 2.97. The summed E-state index contributed by atoms with van der Waals surface area (Å²) < 4.78 is 5.16. The standard InChI is InChI=1S/C16H12N6O2S/c1-10-18-16(24-21-10)14-12(7-8-25-14)19-15(23)13-9-17-22(20-13)11-5-3-2-4-6-11/h2-9H,1H3,(H,19,23). The van der Waals surface area contributed by atoms with E-state index in [2.05, 4.69) is 25.7 Å². The third-order valence-corrected chi connectivity index (χ3v) is 4.25. The minimum atomic E-state index is -0.363. The first-order valence-electron chi connectivity index (χ1n) is 7.38. The van der Waals surface area contributed by atoms with Crippen molar-refractivity contribution < 1.29 is 9.32 Å². The Kier molecular flexibility index (Phi) is 3.82. The molecule has 0 saturated heterocycles. The summed E-state index contributed by atoms with van der Waals surface area (Å²) in [5.74, 6) is 0.542. The summed E-state index contributed by atoms with van der Waals surface area (Å²) in [6, 6.07) is 11.1. The molecular formula is C16H12N6O2S. The van der Waals surface area contributed by atoms with E-state index in [-0.39, 0.29) is 11.6 Å². The van der Waals surface area contributed by atoms with Crippen LogP contribution in [0.15, 0.2) is 52.5 Å². The Morgan fingerprint density at radius 1 is 1.24 bits per heavy atom. The van der Waals surface area contributed by atoms with E-state index in [9.17, 15) is 4.79 Å². The number of thiophene rings is 1. The molecule has 0 aliphatic rings. The van der Waals surface area contributed by atoms with Crippen molar-refractivity contribution in [2.75, 3.05) is 5.32 Å². The maximum atomic E-state index is 12.5. The molecule has 3 heterocycles.